The lowest BCUT2D eigenvalue weighted by molar-refractivity contribution is -0.138. The van der Waals surface area contributed by atoms with E-state index in [-0.39, 0.29) is 22.7 Å². The van der Waals surface area contributed by atoms with Crippen molar-refractivity contribution in [3.8, 4) is 11.5 Å². The molecule has 2 aromatic rings. The molecule has 0 saturated heterocycles. The van der Waals surface area contributed by atoms with E-state index < -0.39 is 22.7 Å². The van der Waals surface area contributed by atoms with Gasteiger partial charge in [-0.25, -0.2) is 0 Å². The fourth-order valence-corrected chi connectivity index (χ4v) is 4.17. The smallest absolute Gasteiger partial charge is 0.417 e. The maximum absolute atomic E-state index is 12.9. The topological polar surface area (TPSA) is 43.4 Å². The quantitative estimate of drug-likeness (QED) is 0.495. The van der Waals surface area contributed by atoms with Gasteiger partial charge in [0.15, 0.2) is 0 Å². The summed E-state index contributed by atoms with van der Waals surface area (Å²) in [5, 5.41) is -0.467. The van der Waals surface area contributed by atoms with Crippen LogP contribution in [0.1, 0.15) is 56.2 Å². The van der Waals surface area contributed by atoms with Crippen LogP contribution in [0.15, 0.2) is 36.4 Å². The predicted molar refractivity (Wildman–Crippen MR) is 108 cm³/mol. The number of benzene rings is 2. The molecule has 0 amide bonds. The Balaban J connectivity index is 1.93. The van der Waals surface area contributed by atoms with Crippen LogP contribution in [0.3, 0.4) is 0 Å². The molecule has 0 aliphatic heterocycles. The van der Waals surface area contributed by atoms with Gasteiger partial charge in [0.25, 0.3) is 0 Å². The molecule has 0 heterocycles. The third kappa shape index (κ3) is 4.69. The molecular formula is C23H22ClF3O3. The Bertz CT molecular complexity index is 976. The summed E-state index contributed by atoms with van der Waals surface area (Å²) in [6.07, 6.45) is -3.30. The summed E-state index contributed by atoms with van der Waals surface area (Å²) in [7, 11) is 0. The first-order valence-corrected chi connectivity index (χ1v) is 10.0. The van der Waals surface area contributed by atoms with Crippen LogP contribution < -0.4 is 4.74 Å². The number of Topliss-reactive ketones (excluding diaryl/α,β-unsaturated/α-hetero) is 2. The summed E-state index contributed by atoms with van der Waals surface area (Å²) in [6, 6.07) is 8.20. The molecule has 7 heteroatoms. The lowest BCUT2D eigenvalue weighted by atomic mass is 9.69. The zero-order chi connectivity index (χ0) is 22.3. The molecule has 1 fully saturated rings. The summed E-state index contributed by atoms with van der Waals surface area (Å²) in [5.74, 6) is -0.636. The van der Waals surface area contributed by atoms with Gasteiger partial charge in [0, 0.05) is 18.9 Å². The maximum Gasteiger partial charge on any atom is 0.417 e. The first kappa shape index (κ1) is 22.3. The number of rotatable bonds is 4. The van der Waals surface area contributed by atoms with Gasteiger partial charge >= 0.3 is 6.18 Å². The minimum absolute atomic E-state index is 0.124. The van der Waals surface area contributed by atoms with Gasteiger partial charge in [0.05, 0.1) is 10.6 Å². The molecule has 0 atom stereocenters. The minimum Gasteiger partial charge on any atom is -0.457 e. The monoisotopic (exact) mass is 438 g/mol. The SMILES string of the molecule is CCc1ccc(Oc2ccc(C(F)(F)F)c(Cl)c2)cc1C1C(=O)CC(C)(C)CC1=O. The fraction of sp³-hybridized carbons (Fsp3) is 0.391. The van der Waals surface area contributed by atoms with Crippen molar-refractivity contribution in [2.45, 2.75) is 52.1 Å². The number of hydrogen-bond acceptors (Lipinski definition) is 3. The number of alkyl halides is 3. The van der Waals surface area contributed by atoms with E-state index in [1.807, 2.05) is 20.8 Å². The number of hydrogen-bond donors (Lipinski definition) is 0. The van der Waals surface area contributed by atoms with Crippen LogP contribution in [-0.4, -0.2) is 11.6 Å². The lowest BCUT2D eigenvalue weighted by Gasteiger charge is -2.33. The van der Waals surface area contributed by atoms with Crippen LogP contribution in [0.25, 0.3) is 0 Å². The molecule has 30 heavy (non-hydrogen) atoms. The van der Waals surface area contributed by atoms with Gasteiger partial charge in [0.1, 0.15) is 29.0 Å². The number of carbonyl (C=O) groups excluding carboxylic acids is 2. The van der Waals surface area contributed by atoms with Crippen molar-refractivity contribution >= 4 is 23.2 Å². The number of aryl methyl sites for hydroxylation is 1. The highest BCUT2D eigenvalue weighted by molar-refractivity contribution is 6.31. The van der Waals surface area contributed by atoms with Crippen molar-refractivity contribution in [2.24, 2.45) is 5.41 Å². The van der Waals surface area contributed by atoms with Gasteiger partial charge in [-0.3, -0.25) is 9.59 Å². The van der Waals surface area contributed by atoms with E-state index >= 15 is 0 Å². The summed E-state index contributed by atoms with van der Waals surface area (Å²) in [4.78, 5) is 25.5. The zero-order valence-corrected chi connectivity index (χ0v) is 17.7. The van der Waals surface area contributed by atoms with Gasteiger partial charge in [-0.1, -0.05) is 38.4 Å². The second-order valence-corrected chi connectivity index (χ2v) is 8.75. The molecule has 0 spiro atoms. The lowest BCUT2D eigenvalue weighted by Crippen LogP contribution is -2.36. The van der Waals surface area contributed by atoms with Crippen LogP contribution in [0.2, 0.25) is 5.02 Å². The van der Waals surface area contributed by atoms with Crippen molar-refractivity contribution < 1.29 is 27.5 Å². The molecule has 0 N–H and O–H groups in total. The molecule has 2 aromatic carbocycles. The van der Waals surface area contributed by atoms with Crippen LogP contribution in [0, 0.1) is 5.41 Å². The van der Waals surface area contributed by atoms with Crippen LogP contribution in [0.4, 0.5) is 13.2 Å². The highest BCUT2D eigenvalue weighted by atomic mass is 35.5. The molecule has 0 unspecified atom stereocenters. The van der Waals surface area contributed by atoms with E-state index in [4.69, 9.17) is 16.3 Å². The third-order valence-electron chi connectivity index (χ3n) is 5.24. The number of halogens is 4. The Morgan fingerprint density at radius 2 is 1.60 bits per heavy atom. The predicted octanol–water partition coefficient (Wildman–Crippen LogP) is 6.76. The first-order valence-electron chi connectivity index (χ1n) is 9.64. The van der Waals surface area contributed by atoms with Crippen LogP contribution in [-0.2, 0) is 22.2 Å². The number of carbonyl (C=O) groups is 2. The largest absolute Gasteiger partial charge is 0.457 e. The molecule has 0 bridgehead atoms. The Labute approximate surface area is 178 Å². The molecule has 1 aliphatic rings. The van der Waals surface area contributed by atoms with Gasteiger partial charge < -0.3 is 4.74 Å². The van der Waals surface area contributed by atoms with E-state index in [1.165, 1.54) is 6.07 Å². The maximum atomic E-state index is 12.9. The number of ketones is 2. The molecule has 0 aromatic heterocycles. The fourth-order valence-electron chi connectivity index (χ4n) is 3.89. The molecule has 3 rings (SSSR count). The highest BCUT2D eigenvalue weighted by Crippen LogP contribution is 2.41. The van der Waals surface area contributed by atoms with Crippen molar-refractivity contribution in [1.82, 2.24) is 0 Å². The molecule has 1 saturated carbocycles. The van der Waals surface area contributed by atoms with Crippen molar-refractivity contribution in [1.29, 1.82) is 0 Å². The molecular weight excluding hydrogens is 417 g/mol. The third-order valence-corrected chi connectivity index (χ3v) is 5.55. The Hall–Kier alpha value is -2.34. The summed E-state index contributed by atoms with van der Waals surface area (Å²) < 4.78 is 44.4. The Morgan fingerprint density at radius 3 is 2.13 bits per heavy atom. The van der Waals surface area contributed by atoms with E-state index in [0.29, 0.717) is 30.6 Å². The minimum atomic E-state index is -4.55. The molecule has 160 valence electrons. The summed E-state index contributed by atoms with van der Waals surface area (Å²) in [6.45, 7) is 5.72. The summed E-state index contributed by atoms with van der Waals surface area (Å²) >= 11 is 5.76. The van der Waals surface area contributed by atoms with Gasteiger partial charge in [-0.15, -0.1) is 0 Å². The van der Waals surface area contributed by atoms with Crippen LogP contribution >= 0.6 is 11.6 Å². The van der Waals surface area contributed by atoms with Gasteiger partial charge in [-0.2, -0.15) is 13.2 Å². The molecule has 3 nitrogen and oxygen atoms in total. The van der Waals surface area contributed by atoms with Gasteiger partial charge in [-0.05, 0) is 47.2 Å². The molecule has 1 aliphatic carbocycles. The van der Waals surface area contributed by atoms with Crippen molar-refractivity contribution in [3.63, 3.8) is 0 Å². The average molecular weight is 439 g/mol. The van der Waals surface area contributed by atoms with E-state index in [1.54, 1.807) is 18.2 Å². The average Bonchev–Trinajstić information content (AvgIpc) is 2.59. The zero-order valence-electron chi connectivity index (χ0n) is 16.9. The van der Waals surface area contributed by atoms with Crippen molar-refractivity contribution in [3.05, 3.63) is 58.1 Å². The van der Waals surface area contributed by atoms with E-state index in [9.17, 15) is 22.8 Å². The second kappa shape index (κ2) is 8.06. The van der Waals surface area contributed by atoms with E-state index in [0.717, 1.165) is 17.7 Å². The second-order valence-electron chi connectivity index (χ2n) is 8.34. The molecule has 0 radical (unpaired) electrons. The summed E-state index contributed by atoms with van der Waals surface area (Å²) in [5.41, 5.74) is 0.152. The Kier molecular flexibility index (Phi) is 6.01. The van der Waals surface area contributed by atoms with Gasteiger partial charge in [0.2, 0.25) is 0 Å². The normalized spacial score (nSPS) is 17.3. The van der Waals surface area contributed by atoms with Crippen LogP contribution in [0.5, 0.6) is 11.5 Å². The first-order chi connectivity index (χ1) is 13.9. The van der Waals surface area contributed by atoms with E-state index in [2.05, 4.69) is 0 Å². The Morgan fingerprint density at radius 1 is 1.03 bits per heavy atom. The van der Waals surface area contributed by atoms with Crippen molar-refractivity contribution in [2.75, 3.05) is 0 Å². The highest BCUT2D eigenvalue weighted by Gasteiger charge is 2.41. The standard InChI is InChI=1S/C23H22ClF3O3/c1-4-13-5-6-14(30-15-7-8-17(18(24)10-15)23(25,26)27)9-16(13)21-19(28)11-22(2,3)12-20(21)29/h5-10,21H,4,11-12H2,1-3H3. The number of ether oxygens (including phenoxy) is 1.